The molecule has 0 spiro atoms. The Kier molecular flexibility index (Phi) is 6.53. The average molecular weight is 376 g/mol. The van der Waals surface area contributed by atoms with Gasteiger partial charge in [-0.25, -0.2) is 4.21 Å². The Balaban J connectivity index is 2.32. The lowest BCUT2D eigenvalue weighted by atomic mass is 9.86. The third kappa shape index (κ3) is 4.12. The highest BCUT2D eigenvalue weighted by molar-refractivity contribution is 7.88. The van der Waals surface area contributed by atoms with Gasteiger partial charge >= 0.3 is 11.9 Å². The molecule has 6 heteroatoms. The van der Waals surface area contributed by atoms with Crippen LogP contribution in [-0.2, 0) is 29.9 Å². The molecule has 1 saturated carbocycles. The van der Waals surface area contributed by atoms with Gasteiger partial charge in [-0.1, -0.05) is 24.3 Å². The van der Waals surface area contributed by atoms with Crippen LogP contribution in [0.25, 0.3) is 0 Å². The van der Waals surface area contributed by atoms with Crippen LogP contribution in [0.4, 0.5) is 0 Å². The maximum atomic E-state index is 12.6. The van der Waals surface area contributed by atoms with E-state index in [9.17, 15) is 13.8 Å². The summed E-state index contributed by atoms with van der Waals surface area (Å²) in [6.07, 6.45) is 0.197. The maximum absolute atomic E-state index is 12.6. The third-order valence-electron chi connectivity index (χ3n) is 4.30. The monoisotopic (exact) mass is 376 g/mol. The Labute approximate surface area is 156 Å². The molecule has 1 atom stereocenters. The first kappa shape index (κ1) is 20.1. The SMILES string of the molecule is C=C1CC(C(=O)OCC)(C(=O)OCC)C/C1=C\[S@@](=O)c1ccc(C)cc1. The van der Waals surface area contributed by atoms with Gasteiger partial charge in [0.2, 0.25) is 0 Å². The highest BCUT2D eigenvalue weighted by atomic mass is 32.2. The molecule has 26 heavy (non-hydrogen) atoms. The summed E-state index contributed by atoms with van der Waals surface area (Å²) in [6, 6.07) is 7.36. The number of rotatable bonds is 6. The molecule has 1 aromatic carbocycles. The fraction of sp³-hybridized carbons (Fsp3) is 0.400. The lowest BCUT2D eigenvalue weighted by Gasteiger charge is -2.23. The van der Waals surface area contributed by atoms with Crippen LogP contribution < -0.4 is 0 Å². The number of aryl methyl sites for hydroxylation is 1. The molecule has 1 aromatic rings. The van der Waals surface area contributed by atoms with Gasteiger partial charge in [0, 0.05) is 16.7 Å². The standard InChI is InChI=1S/C20H24O5S/c1-5-24-18(21)20(19(22)25-6-2)11-15(4)16(12-20)13-26(23)17-9-7-14(3)8-10-17/h7-10,13H,4-6,11-12H2,1-3H3/b16-13+/t26-/m1/s1. The minimum atomic E-state index is -1.44. The van der Waals surface area contributed by atoms with Crippen LogP contribution in [-0.4, -0.2) is 29.4 Å². The van der Waals surface area contributed by atoms with Gasteiger partial charge in [0.25, 0.3) is 0 Å². The predicted octanol–water partition coefficient (Wildman–Crippen LogP) is 3.45. The minimum absolute atomic E-state index is 0.0844. The number of carbonyl (C=O) groups excluding carboxylic acids is 2. The molecule has 2 rings (SSSR count). The van der Waals surface area contributed by atoms with E-state index in [0.717, 1.165) is 5.56 Å². The van der Waals surface area contributed by atoms with Crippen LogP contribution >= 0.6 is 0 Å². The fourth-order valence-corrected chi connectivity index (χ4v) is 3.94. The second-order valence-electron chi connectivity index (χ2n) is 6.23. The first-order valence-electron chi connectivity index (χ1n) is 8.54. The van der Waals surface area contributed by atoms with E-state index in [2.05, 4.69) is 6.58 Å². The Morgan fingerprint density at radius 1 is 1.12 bits per heavy atom. The van der Waals surface area contributed by atoms with Crippen molar-refractivity contribution in [3.05, 3.63) is 53.0 Å². The largest absolute Gasteiger partial charge is 0.465 e. The molecule has 0 N–H and O–H groups in total. The zero-order valence-electron chi connectivity index (χ0n) is 15.4. The Morgan fingerprint density at radius 3 is 2.15 bits per heavy atom. The molecule has 1 aliphatic rings. The summed E-state index contributed by atoms with van der Waals surface area (Å²) in [7, 11) is -1.40. The summed E-state index contributed by atoms with van der Waals surface area (Å²) in [5.74, 6) is -1.24. The zero-order valence-corrected chi connectivity index (χ0v) is 16.2. The van der Waals surface area contributed by atoms with Gasteiger partial charge in [-0.3, -0.25) is 9.59 Å². The van der Waals surface area contributed by atoms with E-state index < -0.39 is 28.2 Å². The highest BCUT2D eigenvalue weighted by Crippen LogP contribution is 2.46. The number of hydrogen-bond donors (Lipinski definition) is 0. The second-order valence-corrected chi connectivity index (χ2v) is 7.54. The van der Waals surface area contributed by atoms with E-state index >= 15 is 0 Å². The number of esters is 2. The number of benzene rings is 1. The molecular formula is C20H24O5S. The van der Waals surface area contributed by atoms with Crippen molar-refractivity contribution >= 4 is 22.7 Å². The summed E-state index contributed by atoms with van der Waals surface area (Å²) < 4.78 is 22.8. The quantitative estimate of drug-likeness (QED) is 0.562. The molecule has 0 saturated heterocycles. The Hall–Kier alpha value is -2.21. The number of allylic oxidation sites excluding steroid dienone is 2. The molecule has 0 aromatic heterocycles. The summed E-state index contributed by atoms with van der Waals surface area (Å²) >= 11 is 0. The van der Waals surface area contributed by atoms with Gasteiger partial charge in [0.05, 0.1) is 24.0 Å². The van der Waals surface area contributed by atoms with Crippen LogP contribution in [0.15, 0.2) is 52.3 Å². The van der Waals surface area contributed by atoms with Crippen LogP contribution in [0.3, 0.4) is 0 Å². The predicted molar refractivity (Wildman–Crippen MR) is 99.7 cm³/mol. The molecule has 0 aliphatic heterocycles. The van der Waals surface area contributed by atoms with Gasteiger partial charge in [0.15, 0.2) is 5.41 Å². The first-order valence-corrected chi connectivity index (χ1v) is 9.76. The topological polar surface area (TPSA) is 69.7 Å². The van der Waals surface area contributed by atoms with E-state index in [1.54, 1.807) is 31.4 Å². The molecule has 1 aliphatic carbocycles. The van der Waals surface area contributed by atoms with Gasteiger partial charge in [0.1, 0.15) is 0 Å². The van der Waals surface area contributed by atoms with Crippen molar-refractivity contribution in [2.45, 2.75) is 38.5 Å². The van der Waals surface area contributed by atoms with Gasteiger partial charge in [-0.05, 0) is 50.5 Å². The highest BCUT2D eigenvalue weighted by Gasteiger charge is 2.53. The van der Waals surface area contributed by atoms with Gasteiger partial charge < -0.3 is 9.47 Å². The van der Waals surface area contributed by atoms with Gasteiger partial charge in [-0.2, -0.15) is 0 Å². The molecule has 5 nitrogen and oxygen atoms in total. The number of carbonyl (C=O) groups is 2. The molecule has 1 fully saturated rings. The summed E-state index contributed by atoms with van der Waals surface area (Å²) in [5, 5.41) is 1.56. The summed E-state index contributed by atoms with van der Waals surface area (Å²) in [5.41, 5.74) is 0.871. The van der Waals surface area contributed by atoms with E-state index in [1.165, 1.54) is 0 Å². The van der Waals surface area contributed by atoms with Crippen molar-refractivity contribution in [2.24, 2.45) is 5.41 Å². The van der Waals surface area contributed by atoms with Gasteiger partial charge in [-0.15, -0.1) is 0 Å². The van der Waals surface area contributed by atoms with Crippen molar-refractivity contribution in [3.63, 3.8) is 0 Å². The zero-order chi connectivity index (χ0) is 19.3. The van der Waals surface area contributed by atoms with E-state index in [0.29, 0.717) is 16.0 Å². The van der Waals surface area contributed by atoms with E-state index in [4.69, 9.17) is 9.47 Å². The smallest absolute Gasteiger partial charge is 0.324 e. The van der Waals surface area contributed by atoms with Crippen molar-refractivity contribution in [1.29, 1.82) is 0 Å². The molecule has 0 amide bonds. The molecular weight excluding hydrogens is 352 g/mol. The van der Waals surface area contributed by atoms with E-state index in [1.807, 2.05) is 19.1 Å². The number of ether oxygens (including phenoxy) is 2. The lowest BCUT2D eigenvalue weighted by Crippen LogP contribution is -2.39. The lowest BCUT2D eigenvalue weighted by molar-refractivity contribution is -0.171. The maximum Gasteiger partial charge on any atom is 0.324 e. The molecule has 0 bridgehead atoms. The van der Waals surface area contributed by atoms with Crippen LogP contribution in [0.5, 0.6) is 0 Å². The number of hydrogen-bond acceptors (Lipinski definition) is 5. The second kappa shape index (κ2) is 8.45. The molecule has 0 heterocycles. The molecule has 0 radical (unpaired) electrons. The van der Waals surface area contributed by atoms with Crippen LogP contribution in [0, 0.1) is 12.3 Å². The molecule has 0 unspecified atom stereocenters. The van der Waals surface area contributed by atoms with Crippen molar-refractivity contribution in [2.75, 3.05) is 13.2 Å². The van der Waals surface area contributed by atoms with E-state index in [-0.39, 0.29) is 26.1 Å². The van der Waals surface area contributed by atoms with Crippen molar-refractivity contribution < 1.29 is 23.3 Å². The van der Waals surface area contributed by atoms with Crippen molar-refractivity contribution in [1.82, 2.24) is 0 Å². The van der Waals surface area contributed by atoms with Crippen LogP contribution in [0.2, 0.25) is 0 Å². The average Bonchev–Trinajstić information content (AvgIpc) is 2.94. The summed E-state index contributed by atoms with van der Waals surface area (Å²) in [4.78, 5) is 25.7. The van der Waals surface area contributed by atoms with Crippen LogP contribution in [0.1, 0.15) is 32.3 Å². The Bertz CT molecular complexity index is 743. The first-order chi connectivity index (χ1) is 12.3. The summed E-state index contributed by atoms with van der Waals surface area (Å²) in [6.45, 7) is 9.62. The molecule has 140 valence electrons. The fourth-order valence-electron chi connectivity index (χ4n) is 2.90. The normalized spacial score (nSPS) is 18.6. The Morgan fingerprint density at radius 2 is 1.65 bits per heavy atom. The minimum Gasteiger partial charge on any atom is -0.465 e. The third-order valence-corrected chi connectivity index (χ3v) is 5.53. The van der Waals surface area contributed by atoms with Crippen molar-refractivity contribution in [3.8, 4) is 0 Å².